The number of fused-ring (bicyclic) bond motifs is 1. The second kappa shape index (κ2) is 16.3. The largest absolute Gasteiger partial charge is 0.405 e. The van der Waals surface area contributed by atoms with Crippen molar-refractivity contribution in [2.24, 2.45) is 0 Å². The predicted molar refractivity (Wildman–Crippen MR) is 180 cm³/mol. The van der Waals surface area contributed by atoms with Crippen molar-refractivity contribution in [3.8, 4) is 0 Å². The fraction of sp³-hybridized carbons (Fsp3) is 0.676. The molecular weight excluding hydrogens is 568 g/mol. The van der Waals surface area contributed by atoms with E-state index in [1.165, 1.54) is 61.7 Å². The number of aliphatic hydroxyl groups is 1. The first-order valence-electron chi connectivity index (χ1n) is 17.1. The Balaban J connectivity index is 1.42. The highest BCUT2D eigenvalue weighted by atomic mass is 28.4. The molecule has 2 aromatic rings. The van der Waals surface area contributed by atoms with Crippen LogP contribution in [0.2, 0.25) is 5.04 Å². The van der Waals surface area contributed by atoms with E-state index < -0.39 is 44.8 Å². The number of unbranched alkanes of at least 4 members (excludes halogenated alkanes) is 9. The summed E-state index contributed by atoms with van der Waals surface area (Å²) in [6.45, 7) is 13.7. The molecule has 0 spiro atoms. The van der Waals surface area contributed by atoms with Gasteiger partial charge in [0, 0.05) is 6.61 Å². The van der Waals surface area contributed by atoms with Crippen molar-refractivity contribution in [3.63, 3.8) is 0 Å². The summed E-state index contributed by atoms with van der Waals surface area (Å²) >= 11 is 0. The minimum Gasteiger partial charge on any atom is -0.405 e. The maximum Gasteiger partial charge on any atom is 0.261 e. The van der Waals surface area contributed by atoms with E-state index in [9.17, 15) is 5.11 Å². The minimum absolute atomic E-state index is 0.166. The molecule has 2 heterocycles. The molecule has 0 saturated carbocycles. The first kappa shape index (κ1) is 35.3. The van der Waals surface area contributed by atoms with Crippen LogP contribution in [0.1, 0.15) is 106 Å². The van der Waals surface area contributed by atoms with E-state index in [1.54, 1.807) is 0 Å². The quantitative estimate of drug-likeness (QED) is 0.149. The van der Waals surface area contributed by atoms with Crippen molar-refractivity contribution in [2.75, 3.05) is 13.2 Å². The highest BCUT2D eigenvalue weighted by Crippen LogP contribution is 2.40. The zero-order valence-electron chi connectivity index (χ0n) is 28.1. The summed E-state index contributed by atoms with van der Waals surface area (Å²) in [6, 6.07) is 21.2. The number of rotatable bonds is 17. The Morgan fingerprint density at radius 3 is 1.77 bits per heavy atom. The molecule has 0 amide bonds. The van der Waals surface area contributed by atoms with Crippen molar-refractivity contribution in [1.82, 2.24) is 0 Å². The van der Waals surface area contributed by atoms with Gasteiger partial charge in [-0.05, 0) is 35.7 Å². The first-order chi connectivity index (χ1) is 21.1. The topological polar surface area (TPSA) is 66.4 Å². The highest BCUT2D eigenvalue weighted by Gasteiger charge is 2.57. The van der Waals surface area contributed by atoms with Crippen LogP contribution in [0.3, 0.4) is 0 Å². The summed E-state index contributed by atoms with van der Waals surface area (Å²) in [5.41, 5.74) is 0. The molecule has 2 saturated heterocycles. The normalized spacial score (nSPS) is 25.2. The summed E-state index contributed by atoms with van der Waals surface area (Å²) < 4.78 is 32.5. The molecule has 2 aliphatic rings. The zero-order valence-corrected chi connectivity index (χ0v) is 29.1. The molecule has 1 N–H and O–H groups in total. The second-order valence-electron chi connectivity index (χ2n) is 14.1. The van der Waals surface area contributed by atoms with Crippen LogP contribution in [0.4, 0.5) is 0 Å². The Morgan fingerprint density at radius 1 is 0.750 bits per heavy atom. The molecule has 4 rings (SSSR count). The van der Waals surface area contributed by atoms with E-state index >= 15 is 0 Å². The zero-order chi connectivity index (χ0) is 31.6. The molecule has 2 fully saturated rings. The van der Waals surface area contributed by atoms with E-state index in [4.69, 9.17) is 23.4 Å². The Kier molecular flexibility index (Phi) is 13.1. The third-order valence-electron chi connectivity index (χ3n) is 9.12. The Labute approximate surface area is 267 Å². The van der Waals surface area contributed by atoms with Gasteiger partial charge in [-0.2, -0.15) is 0 Å². The van der Waals surface area contributed by atoms with Crippen molar-refractivity contribution in [3.05, 3.63) is 60.7 Å². The Bertz CT molecular complexity index is 1050. The lowest BCUT2D eigenvalue weighted by Crippen LogP contribution is -2.68. The number of hydrogen-bond donors (Lipinski definition) is 1. The highest BCUT2D eigenvalue weighted by molar-refractivity contribution is 6.99. The van der Waals surface area contributed by atoms with Crippen LogP contribution in [0.5, 0.6) is 0 Å². The Hall–Kier alpha value is -1.58. The number of aliphatic hydroxyl groups excluding tert-OH is 1. The Morgan fingerprint density at radius 2 is 1.25 bits per heavy atom. The van der Waals surface area contributed by atoms with E-state index in [0.29, 0.717) is 13.2 Å². The third-order valence-corrected chi connectivity index (χ3v) is 14.1. The maximum absolute atomic E-state index is 11.3. The van der Waals surface area contributed by atoms with Gasteiger partial charge in [0.25, 0.3) is 8.32 Å². The predicted octanol–water partition coefficient (Wildman–Crippen LogP) is 7.11. The number of ether oxygens (including phenoxy) is 4. The smallest absolute Gasteiger partial charge is 0.261 e. The van der Waals surface area contributed by atoms with Crippen LogP contribution < -0.4 is 10.4 Å². The van der Waals surface area contributed by atoms with Gasteiger partial charge in [-0.15, -0.1) is 0 Å². The van der Waals surface area contributed by atoms with Crippen LogP contribution in [0.15, 0.2) is 60.7 Å². The molecule has 2 aromatic carbocycles. The second-order valence-corrected chi connectivity index (χ2v) is 18.4. The van der Waals surface area contributed by atoms with Crippen molar-refractivity contribution in [2.45, 2.75) is 147 Å². The average Bonchev–Trinajstić information content (AvgIpc) is 3.34. The van der Waals surface area contributed by atoms with Crippen LogP contribution in [-0.2, 0) is 23.4 Å². The SMILES string of the molecule is CCCCCCCCCCCCO[C@@H]1O[C@H](CO[Si](c2ccccc2)(c2ccccc2)C(C)(C)C)[C@@H]2OC(C)(C)O[C@@H]2[C@H]1O. The van der Waals surface area contributed by atoms with Crippen molar-refractivity contribution in [1.29, 1.82) is 0 Å². The molecule has 0 unspecified atom stereocenters. The molecule has 7 heteroatoms. The summed E-state index contributed by atoms with van der Waals surface area (Å²) in [7, 11) is -2.79. The van der Waals surface area contributed by atoms with Gasteiger partial charge in [-0.25, -0.2) is 0 Å². The van der Waals surface area contributed by atoms with Crippen LogP contribution in [0, 0.1) is 0 Å². The van der Waals surface area contributed by atoms with Gasteiger partial charge in [-0.1, -0.05) is 146 Å². The molecule has 5 atom stereocenters. The lowest BCUT2D eigenvalue weighted by atomic mass is 9.99. The first-order valence-corrected chi connectivity index (χ1v) is 19.1. The van der Waals surface area contributed by atoms with Gasteiger partial charge in [-0.3, -0.25) is 0 Å². The standard InChI is InChI=1S/C37H58O6Si/c1-7-8-9-10-11-12-13-14-15-22-27-39-35-32(38)34-33(42-37(5,6)43-34)31(41-35)28-40-44(36(2,3)4,29-23-18-16-19-24-29)30-25-20-17-21-26-30/h16-21,23-26,31-35,38H,7-15,22,27-28H2,1-6H3/t31-,32-,33+,34-,35-/m1/s1. The molecule has 44 heavy (non-hydrogen) atoms. The van der Waals surface area contributed by atoms with Gasteiger partial charge >= 0.3 is 0 Å². The van der Waals surface area contributed by atoms with Crippen LogP contribution in [0.25, 0.3) is 0 Å². The van der Waals surface area contributed by atoms with Gasteiger partial charge < -0.3 is 28.5 Å². The summed E-state index contributed by atoms with van der Waals surface area (Å²) in [5, 5.41) is 13.5. The fourth-order valence-electron chi connectivity index (χ4n) is 6.88. The van der Waals surface area contributed by atoms with Gasteiger partial charge in [0.15, 0.2) is 12.1 Å². The molecule has 246 valence electrons. The maximum atomic E-state index is 11.3. The summed E-state index contributed by atoms with van der Waals surface area (Å²) in [4.78, 5) is 0. The number of hydrogen-bond acceptors (Lipinski definition) is 6. The molecule has 6 nitrogen and oxygen atoms in total. The van der Waals surface area contributed by atoms with Crippen molar-refractivity contribution >= 4 is 18.7 Å². The van der Waals surface area contributed by atoms with Crippen LogP contribution >= 0.6 is 0 Å². The summed E-state index contributed by atoms with van der Waals surface area (Å²) in [6.07, 6.45) is 9.41. The molecular formula is C37H58O6Si. The third kappa shape index (κ3) is 8.81. The number of benzene rings is 2. The monoisotopic (exact) mass is 626 g/mol. The van der Waals surface area contributed by atoms with Gasteiger partial charge in [0.1, 0.15) is 24.4 Å². The minimum atomic E-state index is -2.79. The van der Waals surface area contributed by atoms with Crippen molar-refractivity contribution < 1.29 is 28.5 Å². The van der Waals surface area contributed by atoms with E-state index in [1.807, 2.05) is 13.8 Å². The molecule has 0 radical (unpaired) electrons. The average molecular weight is 627 g/mol. The lowest BCUT2D eigenvalue weighted by molar-refractivity contribution is -0.281. The van der Waals surface area contributed by atoms with Crippen LogP contribution in [-0.4, -0.2) is 63.1 Å². The van der Waals surface area contributed by atoms with E-state index in [2.05, 4.69) is 88.4 Å². The lowest BCUT2D eigenvalue weighted by Gasteiger charge is -2.45. The van der Waals surface area contributed by atoms with Gasteiger partial charge in [0.2, 0.25) is 0 Å². The summed E-state index contributed by atoms with van der Waals surface area (Å²) in [5.74, 6) is -0.833. The van der Waals surface area contributed by atoms with E-state index in [-0.39, 0.29) is 5.04 Å². The molecule has 0 bridgehead atoms. The fourth-order valence-corrected chi connectivity index (χ4v) is 11.5. The molecule has 0 aliphatic carbocycles. The molecule has 0 aromatic heterocycles. The van der Waals surface area contributed by atoms with E-state index in [0.717, 1.165) is 12.8 Å². The molecule has 2 aliphatic heterocycles. The van der Waals surface area contributed by atoms with Gasteiger partial charge in [0.05, 0.1) is 6.61 Å².